The van der Waals surface area contributed by atoms with Crippen molar-refractivity contribution in [3.05, 3.63) is 35.6 Å². The molecular weight excluding hydrogens is 227 g/mol. The van der Waals surface area contributed by atoms with Crippen LogP contribution in [0, 0.1) is 5.82 Å². The predicted molar refractivity (Wildman–Crippen MR) is 70.8 cm³/mol. The van der Waals surface area contributed by atoms with E-state index >= 15 is 0 Å². The summed E-state index contributed by atoms with van der Waals surface area (Å²) in [4.78, 5) is 2.61. The first-order chi connectivity index (χ1) is 8.74. The lowest BCUT2D eigenvalue weighted by Gasteiger charge is -2.19. The first kappa shape index (κ1) is 12.1. The molecule has 1 saturated heterocycles. The molecule has 1 aromatic rings. The second-order valence-electron chi connectivity index (χ2n) is 5.68. The molecule has 1 N–H and O–H groups in total. The highest BCUT2D eigenvalue weighted by atomic mass is 19.1. The Kier molecular flexibility index (Phi) is 3.35. The van der Waals surface area contributed by atoms with E-state index in [9.17, 15) is 4.39 Å². The van der Waals surface area contributed by atoms with Crippen molar-refractivity contribution in [2.75, 3.05) is 6.54 Å². The maximum Gasteiger partial charge on any atom is 0.127 e. The second-order valence-corrected chi connectivity index (χ2v) is 5.68. The highest BCUT2D eigenvalue weighted by molar-refractivity contribution is 5.17. The Labute approximate surface area is 108 Å². The van der Waals surface area contributed by atoms with Gasteiger partial charge in [-0.2, -0.15) is 0 Å². The van der Waals surface area contributed by atoms with Crippen molar-refractivity contribution in [3.63, 3.8) is 0 Å². The van der Waals surface area contributed by atoms with E-state index in [1.165, 1.54) is 25.3 Å². The third-order valence-corrected chi connectivity index (χ3v) is 4.18. The largest absolute Gasteiger partial charge is 0.308 e. The van der Waals surface area contributed by atoms with Gasteiger partial charge in [0.2, 0.25) is 0 Å². The molecule has 1 heterocycles. The van der Waals surface area contributed by atoms with Crippen LogP contribution in [0.3, 0.4) is 0 Å². The minimum absolute atomic E-state index is 0.102. The molecule has 18 heavy (non-hydrogen) atoms. The van der Waals surface area contributed by atoms with Gasteiger partial charge < -0.3 is 5.32 Å². The van der Waals surface area contributed by atoms with Gasteiger partial charge in [0.25, 0.3) is 0 Å². The molecule has 2 atom stereocenters. The monoisotopic (exact) mass is 248 g/mol. The molecule has 0 bridgehead atoms. The van der Waals surface area contributed by atoms with Gasteiger partial charge >= 0.3 is 0 Å². The number of halogens is 1. The van der Waals surface area contributed by atoms with Crippen molar-refractivity contribution in [3.8, 4) is 0 Å². The summed E-state index contributed by atoms with van der Waals surface area (Å²) in [5.41, 5.74) is 0.773. The van der Waals surface area contributed by atoms with E-state index in [0.29, 0.717) is 18.6 Å². The van der Waals surface area contributed by atoms with Gasteiger partial charge in [-0.3, -0.25) is 4.90 Å². The van der Waals surface area contributed by atoms with Crippen molar-refractivity contribution in [1.82, 2.24) is 10.2 Å². The molecule has 1 aliphatic heterocycles. The molecule has 0 spiro atoms. The SMILES string of the molecule is CC1CC(NCc2ccccc2F)CN1C1CC1. The molecule has 2 unspecified atom stereocenters. The fourth-order valence-corrected chi connectivity index (χ4v) is 3.02. The molecule has 2 fully saturated rings. The van der Waals surface area contributed by atoms with Gasteiger partial charge in [-0.1, -0.05) is 18.2 Å². The standard InChI is InChI=1S/C15H21FN2/c1-11-8-13(10-18(11)14-6-7-14)17-9-12-4-2-3-5-15(12)16/h2-5,11,13-14,17H,6-10H2,1H3. The third-order valence-electron chi connectivity index (χ3n) is 4.18. The minimum Gasteiger partial charge on any atom is -0.308 e. The molecule has 0 amide bonds. The van der Waals surface area contributed by atoms with Crippen LogP contribution in [0.2, 0.25) is 0 Å². The molecule has 1 aliphatic carbocycles. The maximum atomic E-state index is 13.5. The van der Waals surface area contributed by atoms with Gasteiger partial charge in [0, 0.05) is 36.8 Å². The van der Waals surface area contributed by atoms with Crippen molar-refractivity contribution in [2.24, 2.45) is 0 Å². The molecule has 0 aromatic heterocycles. The molecule has 98 valence electrons. The van der Waals surface area contributed by atoms with E-state index in [4.69, 9.17) is 0 Å². The lowest BCUT2D eigenvalue weighted by Crippen LogP contribution is -2.34. The minimum atomic E-state index is -0.102. The molecule has 1 saturated carbocycles. The summed E-state index contributed by atoms with van der Waals surface area (Å²) in [6.07, 6.45) is 3.92. The van der Waals surface area contributed by atoms with E-state index in [-0.39, 0.29) is 5.82 Å². The van der Waals surface area contributed by atoms with Crippen LogP contribution in [-0.4, -0.2) is 29.6 Å². The zero-order valence-electron chi connectivity index (χ0n) is 10.9. The van der Waals surface area contributed by atoms with Gasteiger partial charge in [-0.05, 0) is 32.3 Å². The normalized spacial score (nSPS) is 28.8. The molecule has 3 rings (SSSR count). The van der Waals surface area contributed by atoms with Crippen LogP contribution in [0.4, 0.5) is 4.39 Å². The number of rotatable bonds is 4. The van der Waals surface area contributed by atoms with E-state index in [2.05, 4.69) is 17.1 Å². The fraction of sp³-hybridized carbons (Fsp3) is 0.600. The summed E-state index contributed by atoms with van der Waals surface area (Å²) in [7, 11) is 0. The Morgan fingerprint density at radius 1 is 1.33 bits per heavy atom. The highest BCUT2D eigenvalue weighted by Crippen LogP contribution is 2.33. The van der Waals surface area contributed by atoms with Gasteiger partial charge in [-0.15, -0.1) is 0 Å². The Morgan fingerprint density at radius 2 is 2.11 bits per heavy atom. The van der Waals surface area contributed by atoms with Gasteiger partial charge in [0.15, 0.2) is 0 Å². The van der Waals surface area contributed by atoms with Crippen LogP contribution in [0.1, 0.15) is 31.7 Å². The lowest BCUT2D eigenvalue weighted by atomic mass is 10.1. The Balaban J connectivity index is 1.53. The van der Waals surface area contributed by atoms with Crippen molar-refractivity contribution >= 4 is 0 Å². The van der Waals surface area contributed by atoms with Gasteiger partial charge in [0.05, 0.1) is 0 Å². The van der Waals surface area contributed by atoms with Gasteiger partial charge in [-0.25, -0.2) is 4.39 Å². The number of hydrogen-bond donors (Lipinski definition) is 1. The van der Waals surface area contributed by atoms with Crippen molar-refractivity contribution in [2.45, 2.75) is 50.9 Å². The molecule has 2 nitrogen and oxygen atoms in total. The topological polar surface area (TPSA) is 15.3 Å². The summed E-state index contributed by atoms with van der Waals surface area (Å²) in [5.74, 6) is -0.102. The molecular formula is C15H21FN2. The molecule has 1 aromatic carbocycles. The second kappa shape index (κ2) is 4.98. The first-order valence-corrected chi connectivity index (χ1v) is 6.96. The van der Waals surface area contributed by atoms with E-state index in [0.717, 1.165) is 18.2 Å². The van der Waals surface area contributed by atoms with Crippen molar-refractivity contribution < 1.29 is 4.39 Å². The average molecular weight is 248 g/mol. The summed E-state index contributed by atoms with van der Waals surface area (Å²) >= 11 is 0. The average Bonchev–Trinajstić information content (AvgIpc) is 3.13. The smallest absolute Gasteiger partial charge is 0.127 e. The third kappa shape index (κ3) is 2.57. The summed E-state index contributed by atoms with van der Waals surface area (Å²) in [5, 5.41) is 3.50. The zero-order chi connectivity index (χ0) is 12.5. The van der Waals surface area contributed by atoms with E-state index in [1.54, 1.807) is 6.07 Å². The highest BCUT2D eigenvalue weighted by Gasteiger charge is 2.38. The number of nitrogens with zero attached hydrogens (tertiary/aromatic N) is 1. The van der Waals surface area contributed by atoms with E-state index < -0.39 is 0 Å². The number of likely N-dealkylation sites (tertiary alicyclic amines) is 1. The Morgan fingerprint density at radius 3 is 2.83 bits per heavy atom. The van der Waals surface area contributed by atoms with Crippen LogP contribution < -0.4 is 5.32 Å². The van der Waals surface area contributed by atoms with Crippen LogP contribution in [0.25, 0.3) is 0 Å². The predicted octanol–water partition coefficient (Wildman–Crippen LogP) is 2.54. The maximum absolute atomic E-state index is 13.5. The first-order valence-electron chi connectivity index (χ1n) is 6.96. The molecule has 3 heteroatoms. The molecule has 2 aliphatic rings. The van der Waals surface area contributed by atoms with Crippen LogP contribution in [-0.2, 0) is 6.54 Å². The molecule has 0 radical (unpaired) electrons. The number of hydrogen-bond acceptors (Lipinski definition) is 2. The summed E-state index contributed by atoms with van der Waals surface area (Å²) < 4.78 is 13.5. The van der Waals surface area contributed by atoms with Crippen molar-refractivity contribution in [1.29, 1.82) is 0 Å². The lowest BCUT2D eigenvalue weighted by molar-refractivity contribution is 0.255. The quantitative estimate of drug-likeness (QED) is 0.881. The van der Waals surface area contributed by atoms with Crippen LogP contribution >= 0.6 is 0 Å². The summed E-state index contributed by atoms with van der Waals surface area (Å²) in [6, 6.07) is 9.06. The Hall–Kier alpha value is -0.930. The zero-order valence-corrected chi connectivity index (χ0v) is 10.9. The van der Waals surface area contributed by atoms with E-state index in [1.807, 2.05) is 12.1 Å². The van der Waals surface area contributed by atoms with Gasteiger partial charge in [0.1, 0.15) is 5.82 Å². The van der Waals surface area contributed by atoms with Crippen LogP contribution in [0.5, 0.6) is 0 Å². The van der Waals surface area contributed by atoms with Crippen LogP contribution in [0.15, 0.2) is 24.3 Å². The fourth-order valence-electron chi connectivity index (χ4n) is 3.02. The number of benzene rings is 1. The Bertz CT molecular complexity index is 417. The number of nitrogens with one attached hydrogen (secondary N) is 1. The summed E-state index contributed by atoms with van der Waals surface area (Å²) in [6.45, 7) is 4.08.